The Morgan fingerprint density at radius 3 is 2.50 bits per heavy atom. The van der Waals surface area contributed by atoms with Crippen molar-refractivity contribution in [1.82, 2.24) is 10.2 Å². The number of likely N-dealkylation sites (N-methyl/N-ethyl adjacent to an activating group) is 2. The number of hydrogen-bond acceptors (Lipinski definition) is 3. The summed E-state index contributed by atoms with van der Waals surface area (Å²) in [4.78, 5) is 23.7. The molecule has 0 aliphatic rings. The predicted molar refractivity (Wildman–Crippen MR) is 59.2 cm³/mol. The lowest BCUT2D eigenvalue weighted by Crippen LogP contribution is -2.38. The van der Waals surface area contributed by atoms with E-state index < -0.39 is 6.09 Å². The molecule has 0 unspecified atom stereocenters. The zero-order chi connectivity index (χ0) is 12.0. The van der Waals surface area contributed by atoms with E-state index in [4.69, 9.17) is 4.74 Å². The second kappa shape index (κ2) is 5.75. The Bertz CT molecular complexity index is 365. The van der Waals surface area contributed by atoms with Gasteiger partial charge in [0.2, 0.25) is 5.91 Å². The van der Waals surface area contributed by atoms with E-state index in [1.165, 1.54) is 19.0 Å². The van der Waals surface area contributed by atoms with Crippen molar-refractivity contribution in [2.24, 2.45) is 0 Å². The number of carbonyl (C=O) groups excluding carboxylic acids is 2. The van der Waals surface area contributed by atoms with Crippen molar-refractivity contribution in [1.29, 1.82) is 0 Å². The molecule has 0 aliphatic carbocycles. The van der Waals surface area contributed by atoms with Crippen LogP contribution in [0.25, 0.3) is 0 Å². The Morgan fingerprint density at radius 2 is 1.94 bits per heavy atom. The molecule has 0 atom stereocenters. The van der Waals surface area contributed by atoms with Gasteiger partial charge in [0.15, 0.2) is 0 Å². The van der Waals surface area contributed by atoms with E-state index in [1.54, 1.807) is 24.3 Å². The van der Waals surface area contributed by atoms with Crippen LogP contribution in [0, 0.1) is 0 Å². The van der Waals surface area contributed by atoms with E-state index in [1.807, 2.05) is 6.07 Å². The molecule has 0 bridgehead atoms. The smallest absolute Gasteiger partial charge is 0.410 e. The number of rotatable bonds is 3. The van der Waals surface area contributed by atoms with E-state index in [2.05, 4.69) is 5.32 Å². The average molecular weight is 222 g/mol. The van der Waals surface area contributed by atoms with E-state index in [-0.39, 0.29) is 12.5 Å². The summed E-state index contributed by atoms with van der Waals surface area (Å²) in [5.74, 6) is 0.212. The van der Waals surface area contributed by atoms with E-state index in [9.17, 15) is 9.59 Å². The molecule has 0 aromatic heterocycles. The fourth-order valence-electron chi connectivity index (χ4n) is 1.03. The maximum Gasteiger partial charge on any atom is 0.415 e. The molecule has 1 rings (SSSR count). The van der Waals surface area contributed by atoms with Crippen molar-refractivity contribution in [2.45, 2.75) is 0 Å². The van der Waals surface area contributed by atoms with Gasteiger partial charge in [-0.05, 0) is 12.1 Å². The molecule has 0 heterocycles. The summed E-state index contributed by atoms with van der Waals surface area (Å²) in [6.45, 7) is -0.0256. The SMILES string of the molecule is CNC(=O)CN(C)C(=O)Oc1ccccc1. The maximum atomic E-state index is 11.5. The maximum absolute atomic E-state index is 11.5. The molecule has 5 heteroatoms. The van der Waals surface area contributed by atoms with E-state index >= 15 is 0 Å². The minimum Gasteiger partial charge on any atom is -0.410 e. The third kappa shape index (κ3) is 3.61. The molecule has 1 aromatic carbocycles. The van der Waals surface area contributed by atoms with Crippen LogP contribution in [-0.4, -0.2) is 37.5 Å². The van der Waals surface area contributed by atoms with Gasteiger partial charge in [-0.25, -0.2) is 4.79 Å². The monoisotopic (exact) mass is 222 g/mol. The predicted octanol–water partition coefficient (Wildman–Crippen LogP) is 0.863. The number of amides is 2. The first-order valence-corrected chi connectivity index (χ1v) is 4.82. The van der Waals surface area contributed by atoms with Crippen molar-refractivity contribution >= 4 is 12.0 Å². The van der Waals surface area contributed by atoms with Gasteiger partial charge in [-0.1, -0.05) is 18.2 Å². The molecule has 0 aliphatic heterocycles. The molecule has 1 N–H and O–H groups in total. The molecule has 0 radical (unpaired) electrons. The van der Waals surface area contributed by atoms with Gasteiger partial charge in [0.1, 0.15) is 12.3 Å². The molecule has 5 nitrogen and oxygen atoms in total. The van der Waals surface area contributed by atoms with Gasteiger partial charge in [0.05, 0.1) is 0 Å². The van der Waals surface area contributed by atoms with Crippen LogP contribution in [0.4, 0.5) is 4.79 Å². The zero-order valence-corrected chi connectivity index (χ0v) is 9.27. The lowest BCUT2D eigenvalue weighted by Gasteiger charge is -2.15. The number of nitrogens with one attached hydrogen (secondary N) is 1. The van der Waals surface area contributed by atoms with E-state index in [0.29, 0.717) is 5.75 Å². The van der Waals surface area contributed by atoms with Crippen molar-refractivity contribution < 1.29 is 14.3 Å². The number of benzene rings is 1. The fourth-order valence-corrected chi connectivity index (χ4v) is 1.03. The summed E-state index contributed by atoms with van der Waals surface area (Å²) in [6.07, 6.45) is -0.560. The van der Waals surface area contributed by atoms with Crippen LogP contribution in [-0.2, 0) is 4.79 Å². The quantitative estimate of drug-likeness (QED) is 0.825. The summed E-state index contributed by atoms with van der Waals surface area (Å²) < 4.78 is 5.03. The molecule has 16 heavy (non-hydrogen) atoms. The Labute approximate surface area is 94.0 Å². The van der Waals surface area contributed by atoms with Gasteiger partial charge in [0, 0.05) is 14.1 Å². The Morgan fingerprint density at radius 1 is 1.31 bits per heavy atom. The summed E-state index contributed by atoms with van der Waals surface area (Å²) in [7, 11) is 3.01. The van der Waals surface area contributed by atoms with Crippen LogP contribution >= 0.6 is 0 Å². The van der Waals surface area contributed by atoms with Crippen molar-refractivity contribution in [3.8, 4) is 5.75 Å². The zero-order valence-electron chi connectivity index (χ0n) is 9.27. The van der Waals surface area contributed by atoms with Gasteiger partial charge < -0.3 is 15.0 Å². The number of nitrogens with zero attached hydrogens (tertiary/aromatic N) is 1. The summed E-state index contributed by atoms with van der Waals surface area (Å²) in [6, 6.07) is 8.70. The number of para-hydroxylation sites is 1. The molecule has 0 saturated carbocycles. The van der Waals surface area contributed by atoms with Gasteiger partial charge >= 0.3 is 6.09 Å². The minimum absolute atomic E-state index is 0.0256. The average Bonchev–Trinajstić information content (AvgIpc) is 2.30. The van der Waals surface area contributed by atoms with Gasteiger partial charge in [-0.2, -0.15) is 0 Å². The van der Waals surface area contributed by atoms with Crippen LogP contribution in [0.1, 0.15) is 0 Å². The van der Waals surface area contributed by atoms with Crippen LogP contribution in [0.5, 0.6) is 5.75 Å². The standard InChI is InChI=1S/C11H14N2O3/c1-12-10(14)8-13(2)11(15)16-9-6-4-3-5-7-9/h3-7H,8H2,1-2H3,(H,12,14). The van der Waals surface area contributed by atoms with Gasteiger partial charge in [-0.15, -0.1) is 0 Å². The first kappa shape index (κ1) is 12.0. The number of hydrogen-bond donors (Lipinski definition) is 1. The number of carbonyl (C=O) groups is 2. The highest BCUT2D eigenvalue weighted by atomic mass is 16.6. The highest BCUT2D eigenvalue weighted by Gasteiger charge is 2.13. The molecular weight excluding hydrogens is 208 g/mol. The molecule has 1 aromatic rings. The molecule has 2 amide bonds. The Hall–Kier alpha value is -2.04. The first-order chi connectivity index (χ1) is 7.63. The molecule has 0 fully saturated rings. The second-order valence-electron chi connectivity index (χ2n) is 3.21. The van der Waals surface area contributed by atoms with Gasteiger partial charge in [0.25, 0.3) is 0 Å². The lowest BCUT2D eigenvalue weighted by atomic mass is 10.3. The highest BCUT2D eigenvalue weighted by Crippen LogP contribution is 2.09. The third-order valence-electron chi connectivity index (χ3n) is 1.92. The largest absolute Gasteiger partial charge is 0.415 e. The van der Waals surface area contributed by atoms with Crippen molar-refractivity contribution in [2.75, 3.05) is 20.6 Å². The van der Waals surface area contributed by atoms with E-state index in [0.717, 1.165) is 0 Å². The van der Waals surface area contributed by atoms with Crippen LogP contribution in [0.15, 0.2) is 30.3 Å². The highest BCUT2D eigenvalue weighted by molar-refractivity contribution is 5.82. The topological polar surface area (TPSA) is 58.6 Å². The fraction of sp³-hybridized carbons (Fsp3) is 0.273. The lowest BCUT2D eigenvalue weighted by molar-refractivity contribution is -0.121. The van der Waals surface area contributed by atoms with Crippen molar-refractivity contribution in [3.63, 3.8) is 0 Å². The normalized spacial score (nSPS) is 9.38. The first-order valence-electron chi connectivity index (χ1n) is 4.82. The molecule has 0 saturated heterocycles. The van der Waals surface area contributed by atoms with Gasteiger partial charge in [-0.3, -0.25) is 4.79 Å². The molecule has 0 spiro atoms. The summed E-state index contributed by atoms with van der Waals surface area (Å²) >= 11 is 0. The second-order valence-corrected chi connectivity index (χ2v) is 3.21. The van der Waals surface area contributed by atoms with Crippen LogP contribution in [0.2, 0.25) is 0 Å². The van der Waals surface area contributed by atoms with Crippen LogP contribution < -0.4 is 10.1 Å². The Balaban J connectivity index is 2.49. The third-order valence-corrected chi connectivity index (χ3v) is 1.92. The van der Waals surface area contributed by atoms with Crippen LogP contribution in [0.3, 0.4) is 0 Å². The molecular formula is C11H14N2O3. The van der Waals surface area contributed by atoms with Crippen molar-refractivity contribution in [3.05, 3.63) is 30.3 Å². The Kier molecular flexibility index (Phi) is 4.32. The summed E-state index contributed by atoms with van der Waals surface area (Å²) in [5, 5.41) is 2.43. The number of ether oxygens (including phenoxy) is 1. The minimum atomic E-state index is -0.560. The molecule has 86 valence electrons. The summed E-state index contributed by atoms with van der Waals surface area (Å²) in [5.41, 5.74) is 0.